The van der Waals surface area contributed by atoms with Gasteiger partial charge in [0.1, 0.15) is 0 Å². The van der Waals surface area contributed by atoms with Gasteiger partial charge in [0.15, 0.2) is 5.16 Å². The Labute approximate surface area is 204 Å². The zero-order chi connectivity index (χ0) is 24.5. The number of anilines is 1. The highest BCUT2D eigenvalue weighted by Gasteiger charge is 2.32. The third-order valence-corrected chi connectivity index (χ3v) is 6.69. The molecule has 0 saturated carbocycles. The van der Waals surface area contributed by atoms with Crippen molar-refractivity contribution in [3.8, 4) is 0 Å². The molecule has 8 nitrogen and oxygen atoms in total. The summed E-state index contributed by atoms with van der Waals surface area (Å²) < 4.78 is 1.57. The molecule has 0 bridgehead atoms. The minimum absolute atomic E-state index is 0.00341. The maximum absolute atomic E-state index is 13.2. The van der Waals surface area contributed by atoms with Gasteiger partial charge in [-0.05, 0) is 35.9 Å². The number of imide groups is 1. The molecule has 1 aliphatic heterocycles. The molecule has 0 radical (unpaired) electrons. The summed E-state index contributed by atoms with van der Waals surface area (Å²) in [6.07, 6.45) is 0. The number of nitrogens with one attached hydrogen (secondary N) is 1. The number of fused-ring (bicyclic) bond motifs is 2. The standard InChI is InChI=1S/C26H20N4O4S/c1-29-23(32)18-12-11-17(13-20(18)24(29)33)27-22(31)15-35-26-28-21-10-6-5-9-19(21)25(34)30(26)14-16-7-3-2-4-8-16/h2-13H,14-15H2,1H3,(H,27,31). The van der Waals surface area contributed by atoms with E-state index in [4.69, 9.17) is 0 Å². The highest BCUT2D eigenvalue weighted by atomic mass is 32.2. The fourth-order valence-electron chi connectivity index (χ4n) is 3.93. The summed E-state index contributed by atoms with van der Waals surface area (Å²) in [5.41, 5.74) is 2.33. The average Bonchev–Trinajstić information content (AvgIpc) is 3.09. The quantitative estimate of drug-likeness (QED) is 0.256. The lowest BCUT2D eigenvalue weighted by Crippen LogP contribution is -2.25. The number of aromatic nitrogens is 2. The SMILES string of the molecule is CN1C(=O)c2ccc(NC(=O)CSc3nc4ccccc4c(=O)n3Cc3ccccc3)cc2C1=O. The second-order valence-electron chi connectivity index (χ2n) is 8.05. The largest absolute Gasteiger partial charge is 0.325 e. The number of thioether (sulfide) groups is 1. The van der Waals surface area contributed by atoms with Gasteiger partial charge in [-0.2, -0.15) is 0 Å². The first-order chi connectivity index (χ1) is 16.9. The van der Waals surface area contributed by atoms with Crippen molar-refractivity contribution in [1.82, 2.24) is 14.5 Å². The molecule has 174 valence electrons. The molecule has 4 aromatic rings. The molecule has 1 aliphatic rings. The van der Waals surface area contributed by atoms with Gasteiger partial charge in [0.25, 0.3) is 17.4 Å². The Balaban J connectivity index is 1.37. The molecule has 3 amide bonds. The number of para-hydroxylation sites is 1. The van der Waals surface area contributed by atoms with Crippen molar-refractivity contribution in [3.63, 3.8) is 0 Å². The highest BCUT2D eigenvalue weighted by molar-refractivity contribution is 7.99. The fourth-order valence-corrected chi connectivity index (χ4v) is 4.73. The third kappa shape index (κ3) is 4.33. The smallest absolute Gasteiger partial charge is 0.262 e. The average molecular weight is 485 g/mol. The number of carbonyl (C=O) groups excluding carboxylic acids is 3. The van der Waals surface area contributed by atoms with Crippen molar-refractivity contribution in [2.45, 2.75) is 11.7 Å². The number of benzene rings is 3. The summed E-state index contributed by atoms with van der Waals surface area (Å²) in [5.74, 6) is -1.09. The van der Waals surface area contributed by atoms with E-state index < -0.39 is 5.91 Å². The monoisotopic (exact) mass is 484 g/mol. The van der Waals surface area contributed by atoms with E-state index in [1.807, 2.05) is 36.4 Å². The van der Waals surface area contributed by atoms with Crippen LogP contribution in [-0.4, -0.2) is 45.0 Å². The lowest BCUT2D eigenvalue weighted by Gasteiger charge is -2.13. The van der Waals surface area contributed by atoms with Crippen LogP contribution in [0.3, 0.4) is 0 Å². The maximum Gasteiger partial charge on any atom is 0.262 e. The van der Waals surface area contributed by atoms with Crippen LogP contribution < -0.4 is 10.9 Å². The van der Waals surface area contributed by atoms with Crippen molar-refractivity contribution in [2.75, 3.05) is 18.1 Å². The number of hydrogen-bond acceptors (Lipinski definition) is 6. The molecule has 0 fully saturated rings. The molecule has 0 atom stereocenters. The number of amides is 3. The summed E-state index contributed by atoms with van der Waals surface area (Å²) in [5, 5.41) is 3.70. The molecule has 2 heterocycles. The molecule has 1 aromatic heterocycles. The van der Waals surface area contributed by atoms with Crippen LogP contribution >= 0.6 is 11.8 Å². The van der Waals surface area contributed by atoms with E-state index in [2.05, 4.69) is 10.3 Å². The molecule has 3 aromatic carbocycles. The van der Waals surface area contributed by atoms with E-state index in [9.17, 15) is 19.2 Å². The van der Waals surface area contributed by atoms with Crippen molar-refractivity contribution in [1.29, 1.82) is 0 Å². The summed E-state index contributed by atoms with van der Waals surface area (Å²) in [4.78, 5) is 55.9. The Morgan fingerprint density at radius 3 is 2.43 bits per heavy atom. The Bertz CT molecular complexity index is 1550. The van der Waals surface area contributed by atoms with Gasteiger partial charge in [-0.15, -0.1) is 0 Å². The van der Waals surface area contributed by atoms with E-state index >= 15 is 0 Å². The molecule has 9 heteroatoms. The number of nitrogens with zero attached hydrogens (tertiary/aromatic N) is 3. The lowest BCUT2D eigenvalue weighted by atomic mass is 10.1. The van der Waals surface area contributed by atoms with Crippen molar-refractivity contribution < 1.29 is 14.4 Å². The van der Waals surface area contributed by atoms with Gasteiger partial charge in [-0.3, -0.25) is 28.6 Å². The van der Waals surface area contributed by atoms with Gasteiger partial charge >= 0.3 is 0 Å². The Kier molecular flexibility index (Phi) is 5.92. The maximum atomic E-state index is 13.2. The van der Waals surface area contributed by atoms with Gasteiger partial charge in [0.05, 0.1) is 34.3 Å². The minimum Gasteiger partial charge on any atom is -0.325 e. The van der Waals surface area contributed by atoms with E-state index in [1.165, 1.54) is 19.2 Å². The summed E-state index contributed by atoms with van der Waals surface area (Å²) in [6.45, 7) is 0.329. The number of hydrogen-bond donors (Lipinski definition) is 1. The van der Waals surface area contributed by atoms with E-state index in [0.29, 0.717) is 33.9 Å². The first-order valence-electron chi connectivity index (χ1n) is 10.8. The predicted molar refractivity (Wildman–Crippen MR) is 134 cm³/mol. The highest BCUT2D eigenvalue weighted by Crippen LogP contribution is 2.25. The van der Waals surface area contributed by atoms with Crippen molar-refractivity contribution in [2.24, 2.45) is 0 Å². The van der Waals surface area contributed by atoms with Crippen LogP contribution in [0.25, 0.3) is 10.9 Å². The van der Waals surface area contributed by atoms with Gasteiger partial charge < -0.3 is 5.32 Å². The molecule has 35 heavy (non-hydrogen) atoms. The Morgan fingerprint density at radius 1 is 0.914 bits per heavy atom. The molecule has 0 aliphatic carbocycles. The van der Waals surface area contributed by atoms with Crippen LogP contribution in [-0.2, 0) is 11.3 Å². The molecule has 0 unspecified atom stereocenters. The first-order valence-corrected chi connectivity index (χ1v) is 11.8. The Morgan fingerprint density at radius 2 is 1.63 bits per heavy atom. The van der Waals surface area contributed by atoms with Crippen LogP contribution in [0.2, 0.25) is 0 Å². The molecular formula is C26H20N4O4S. The second kappa shape index (κ2) is 9.19. The van der Waals surface area contributed by atoms with Crippen LogP contribution in [0.5, 0.6) is 0 Å². The van der Waals surface area contributed by atoms with E-state index in [0.717, 1.165) is 22.2 Å². The number of rotatable bonds is 6. The zero-order valence-electron chi connectivity index (χ0n) is 18.7. The summed E-state index contributed by atoms with van der Waals surface area (Å²) in [7, 11) is 1.42. The predicted octanol–water partition coefficient (Wildman–Crippen LogP) is 3.40. The number of carbonyl (C=O) groups is 3. The fraction of sp³-hybridized carbons (Fsp3) is 0.115. The first kappa shape index (κ1) is 22.5. The van der Waals surface area contributed by atoms with Crippen LogP contribution in [0.4, 0.5) is 5.69 Å². The minimum atomic E-state index is -0.402. The summed E-state index contributed by atoms with van der Waals surface area (Å²) >= 11 is 1.16. The molecular weight excluding hydrogens is 464 g/mol. The van der Waals surface area contributed by atoms with Gasteiger partial charge in [0, 0.05) is 12.7 Å². The van der Waals surface area contributed by atoms with E-state index in [-0.39, 0.29) is 28.7 Å². The van der Waals surface area contributed by atoms with Crippen molar-refractivity contribution in [3.05, 3.63) is 99.8 Å². The summed E-state index contributed by atoms with van der Waals surface area (Å²) in [6, 6.07) is 21.3. The molecule has 0 saturated heterocycles. The van der Waals surface area contributed by atoms with Crippen molar-refractivity contribution >= 4 is 46.1 Å². The van der Waals surface area contributed by atoms with Crippen LogP contribution in [0.15, 0.2) is 82.7 Å². The third-order valence-electron chi connectivity index (χ3n) is 5.72. The normalized spacial score (nSPS) is 12.8. The zero-order valence-corrected chi connectivity index (χ0v) is 19.5. The van der Waals surface area contributed by atoms with Gasteiger partial charge in [-0.1, -0.05) is 54.2 Å². The molecule has 0 spiro atoms. The van der Waals surface area contributed by atoms with Gasteiger partial charge in [0.2, 0.25) is 5.91 Å². The van der Waals surface area contributed by atoms with E-state index in [1.54, 1.807) is 28.8 Å². The van der Waals surface area contributed by atoms with Crippen LogP contribution in [0.1, 0.15) is 26.3 Å². The Hall–Kier alpha value is -4.24. The second-order valence-corrected chi connectivity index (χ2v) is 9.00. The lowest BCUT2D eigenvalue weighted by molar-refractivity contribution is -0.113. The van der Waals surface area contributed by atoms with Gasteiger partial charge in [-0.25, -0.2) is 4.98 Å². The van der Waals surface area contributed by atoms with Crippen LogP contribution in [0, 0.1) is 0 Å². The topological polar surface area (TPSA) is 101 Å². The molecule has 1 N–H and O–H groups in total. The molecule has 5 rings (SSSR count).